The zero-order valence-electron chi connectivity index (χ0n) is 12.9. The first-order valence-corrected chi connectivity index (χ1v) is 8.93. The van der Waals surface area contributed by atoms with E-state index in [9.17, 15) is 4.79 Å². The van der Waals surface area contributed by atoms with Crippen molar-refractivity contribution in [2.75, 3.05) is 11.9 Å². The van der Waals surface area contributed by atoms with Gasteiger partial charge in [-0.15, -0.1) is 11.3 Å². The van der Waals surface area contributed by atoms with Crippen LogP contribution in [0, 0.1) is 5.92 Å². The number of anilines is 1. The van der Waals surface area contributed by atoms with Crippen molar-refractivity contribution in [3.05, 3.63) is 10.6 Å². The largest absolute Gasteiger partial charge is 0.465 e. The Morgan fingerprint density at radius 2 is 2.19 bits per heavy atom. The molecule has 4 nitrogen and oxygen atoms in total. The molecule has 1 aromatic heterocycles. The lowest BCUT2D eigenvalue weighted by molar-refractivity contribution is -0.145. The van der Waals surface area contributed by atoms with Gasteiger partial charge in [-0.3, -0.25) is 4.79 Å². The third-order valence-electron chi connectivity index (χ3n) is 4.75. The van der Waals surface area contributed by atoms with Gasteiger partial charge in [0, 0.05) is 10.9 Å². The fraction of sp³-hybridized carbons (Fsp3) is 0.750. The van der Waals surface area contributed by atoms with Crippen LogP contribution in [0.25, 0.3) is 0 Å². The van der Waals surface area contributed by atoms with Crippen LogP contribution in [0.5, 0.6) is 0 Å². The molecule has 0 spiro atoms. The highest BCUT2D eigenvalue weighted by molar-refractivity contribution is 7.15. The Hall–Kier alpha value is -1.10. The summed E-state index contributed by atoms with van der Waals surface area (Å²) in [5, 5.41) is 4.54. The van der Waals surface area contributed by atoms with E-state index in [0.29, 0.717) is 12.6 Å². The highest BCUT2D eigenvalue weighted by Crippen LogP contribution is 2.39. The van der Waals surface area contributed by atoms with Crippen molar-refractivity contribution in [3.8, 4) is 0 Å². The molecule has 0 radical (unpaired) electrons. The number of hydrogen-bond donors (Lipinski definition) is 1. The normalized spacial score (nSPS) is 23.0. The zero-order valence-corrected chi connectivity index (χ0v) is 13.7. The molecule has 2 unspecified atom stereocenters. The number of rotatable bonds is 5. The highest BCUT2D eigenvalue weighted by Gasteiger charge is 2.34. The average Bonchev–Trinajstić information content (AvgIpc) is 3.14. The predicted molar refractivity (Wildman–Crippen MR) is 84.9 cm³/mol. The number of nitrogens with one attached hydrogen (secondary N) is 1. The summed E-state index contributed by atoms with van der Waals surface area (Å²) < 4.78 is 5.16. The summed E-state index contributed by atoms with van der Waals surface area (Å²) >= 11 is 1.72. The molecule has 116 valence electrons. The molecule has 2 aliphatic rings. The standard InChI is InChI=1S/C16H24N2O2S/c1-3-20-15(19)12-8-9-13-14(12)18-16(21-13)17-10(2)11-6-4-5-7-11/h10-12H,3-9H2,1-2H3,(H,17,18). The molecule has 1 N–H and O–H groups in total. The third kappa shape index (κ3) is 3.07. The molecule has 3 rings (SSSR count). The van der Waals surface area contributed by atoms with Crippen LogP contribution in [0.3, 0.4) is 0 Å². The number of aryl methyl sites for hydroxylation is 1. The molecule has 0 aliphatic heterocycles. The van der Waals surface area contributed by atoms with Gasteiger partial charge in [0.1, 0.15) is 5.92 Å². The first kappa shape index (κ1) is 14.8. The van der Waals surface area contributed by atoms with Gasteiger partial charge in [-0.05, 0) is 45.4 Å². The minimum Gasteiger partial charge on any atom is -0.465 e. The van der Waals surface area contributed by atoms with E-state index in [4.69, 9.17) is 9.72 Å². The third-order valence-corrected chi connectivity index (χ3v) is 5.81. The number of hydrogen-bond acceptors (Lipinski definition) is 5. The Kier molecular flexibility index (Phi) is 4.48. The summed E-state index contributed by atoms with van der Waals surface area (Å²) in [5.41, 5.74) is 0.958. The molecule has 1 saturated carbocycles. The number of carbonyl (C=O) groups excluding carboxylic acids is 1. The van der Waals surface area contributed by atoms with Crippen LogP contribution in [0.2, 0.25) is 0 Å². The van der Waals surface area contributed by atoms with Crippen LogP contribution in [-0.2, 0) is 16.0 Å². The number of ether oxygens (including phenoxy) is 1. The van der Waals surface area contributed by atoms with Crippen molar-refractivity contribution >= 4 is 22.4 Å². The summed E-state index contributed by atoms with van der Waals surface area (Å²) in [6, 6.07) is 0.472. The second kappa shape index (κ2) is 6.34. The minimum absolute atomic E-state index is 0.114. The minimum atomic E-state index is -0.145. The van der Waals surface area contributed by atoms with Crippen molar-refractivity contribution in [3.63, 3.8) is 0 Å². The Balaban J connectivity index is 1.67. The molecule has 2 atom stereocenters. The van der Waals surface area contributed by atoms with Crippen molar-refractivity contribution in [2.24, 2.45) is 5.92 Å². The maximum absolute atomic E-state index is 12.0. The van der Waals surface area contributed by atoms with E-state index >= 15 is 0 Å². The fourth-order valence-electron chi connectivity index (χ4n) is 3.53. The Labute approximate surface area is 130 Å². The van der Waals surface area contributed by atoms with Gasteiger partial charge in [0.05, 0.1) is 12.3 Å². The molecule has 1 heterocycles. The lowest BCUT2D eigenvalue weighted by atomic mass is 10.0. The molecule has 1 aromatic rings. The monoisotopic (exact) mass is 308 g/mol. The van der Waals surface area contributed by atoms with Crippen molar-refractivity contribution < 1.29 is 9.53 Å². The van der Waals surface area contributed by atoms with Gasteiger partial charge >= 0.3 is 5.97 Å². The number of fused-ring (bicyclic) bond motifs is 1. The van der Waals surface area contributed by atoms with E-state index in [2.05, 4.69) is 12.2 Å². The Bertz CT molecular complexity index is 508. The van der Waals surface area contributed by atoms with Crippen LogP contribution in [-0.4, -0.2) is 23.6 Å². The van der Waals surface area contributed by atoms with Gasteiger partial charge in [0.15, 0.2) is 5.13 Å². The molecular formula is C16H24N2O2S. The number of thiazole rings is 1. The molecule has 21 heavy (non-hydrogen) atoms. The molecule has 0 bridgehead atoms. The second-order valence-corrected chi connectivity index (χ2v) is 7.23. The summed E-state index contributed by atoms with van der Waals surface area (Å²) in [4.78, 5) is 17.9. The van der Waals surface area contributed by atoms with Gasteiger partial charge in [-0.1, -0.05) is 12.8 Å². The summed E-state index contributed by atoms with van der Waals surface area (Å²) in [7, 11) is 0. The van der Waals surface area contributed by atoms with Crippen LogP contribution in [0.1, 0.15) is 62.4 Å². The van der Waals surface area contributed by atoms with E-state index in [1.54, 1.807) is 11.3 Å². The lowest BCUT2D eigenvalue weighted by Gasteiger charge is -2.19. The van der Waals surface area contributed by atoms with Crippen molar-refractivity contribution in [1.29, 1.82) is 0 Å². The van der Waals surface area contributed by atoms with E-state index in [1.165, 1.54) is 30.6 Å². The fourth-order valence-corrected chi connectivity index (χ4v) is 4.67. The number of nitrogens with zero attached hydrogens (tertiary/aromatic N) is 1. The predicted octanol–water partition coefficient (Wildman–Crippen LogP) is 3.73. The first-order valence-electron chi connectivity index (χ1n) is 8.11. The molecule has 2 aliphatic carbocycles. The van der Waals surface area contributed by atoms with Crippen LogP contribution >= 0.6 is 11.3 Å². The van der Waals surface area contributed by atoms with Crippen LogP contribution in [0.15, 0.2) is 0 Å². The molecule has 0 aromatic carbocycles. The second-order valence-electron chi connectivity index (χ2n) is 6.15. The Morgan fingerprint density at radius 3 is 2.90 bits per heavy atom. The maximum Gasteiger partial charge on any atom is 0.315 e. The quantitative estimate of drug-likeness (QED) is 0.842. The lowest BCUT2D eigenvalue weighted by Crippen LogP contribution is -2.23. The first-order chi connectivity index (χ1) is 10.2. The van der Waals surface area contributed by atoms with Gasteiger partial charge in [0.2, 0.25) is 0 Å². The topological polar surface area (TPSA) is 51.2 Å². The van der Waals surface area contributed by atoms with E-state index in [1.807, 2.05) is 6.92 Å². The molecule has 5 heteroatoms. The average molecular weight is 308 g/mol. The van der Waals surface area contributed by atoms with E-state index in [-0.39, 0.29) is 11.9 Å². The number of aromatic nitrogens is 1. The van der Waals surface area contributed by atoms with Crippen molar-refractivity contribution in [1.82, 2.24) is 4.98 Å². The number of carbonyl (C=O) groups is 1. The van der Waals surface area contributed by atoms with Gasteiger partial charge < -0.3 is 10.1 Å². The summed E-state index contributed by atoms with van der Waals surface area (Å²) in [5.74, 6) is 0.509. The summed E-state index contributed by atoms with van der Waals surface area (Å²) in [6.07, 6.45) is 7.17. The Morgan fingerprint density at radius 1 is 1.43 bits per heavy atom. The number of esters is 1. The van der Waals surface area contributed by atoms with Crippen LogP contribution in [0.4, 0.5) is 5.13 Å². The molecule has 0 saturated heterocycles. The zero-order chi connectivity index (χ0) is 14.8. The molecule has 0 amide bonds. The van der Waals surface area contributed by atoms with E-state index in [0.717, 1.165) is 29.6 Å². The van der Waals surface area contributed by atoms with Gasteiger partial charge in [0.25, 0.3) is 0 Å². The van der Waals surface area contributed by atoms with Gasteiger partial charge in [-0.25, -0.2) is 4.98 Å². The smallest absolute Gasteiger partial charge is 0.315 e. The molecule has 1 fully saturated rings. The van der Waals surface area contributed by atoms with Crippen molar-refractivity contribution in [2.45, 2.75) is 64.3 Å². The van der Waals surface area contributed by atoms with Gasteiger partial charge in [-0.2, -0.15) is 0 Å². The molecular weight excluding hydrogens is 284 g/mol. The maximum atomic E-state index is 12.0. The SMILES string of the molecule is CCOC(=O)C1CCc2sc(NC(C)C3CCCC3)nc21. The van der Waals surface area contributed by atoms with Crippen LogP contribution < -0.4 is 5.32 Å². The van der Waals surface area contributed by atoms with E-state index < -0.39 is 0 Å². The summed E-state index contributed by atoms with van der Waals surface area (Å²) in [6.45, 7) is 4.55. The highest BCUT2D eigenvalue weighted by atomic mass is 32.1.